The molecule has 1 fully saturated rings. The Balaban J connectivity index is 1.98. The van der Waals surface area contributed by atoms with Crippen molar-refractivity contribution in [3.8, 4) is 5.75 Å². The lowest BCUT2D eigenvalue weighted by Crippen LogP contribution is -2.44. The first-order chi connectivity index (χ1) is 10.6. The van der Waals surface area contributed by atoms with Crippen LogP contribution in [0.5, 0.6) is 5.75 Å². The van der Waals surface area contributed by atoms with E-state index >= 15 is 0 Å². The van der Waals surface area contributed by atoms with Crippen LogP contribution in [0.1, 0.15) is 39.2 Å². The highest BCUT2D eigenvalue weighted by atomic mass is 16.6. The van der Waals surface area contributed by atoms with Crippen molar-refractivity contribution in [3.63, 3.8) is 0 Å². The molecule has 1 aromatic rings. The lowest BCUT2D eigenvalue weighted by molar-refractivity contribution is -0.385. The zero-order chi connectivity index (χ0) is 17.3. The molecule has 1 amide bonds. The highest BCUT2D eigenvalue weighted by molar-refractivity contribution is 5.69. The van der Waals surface area contributed by atoms with Crippen molar-refractivity contribution in [2.75, 3.05) is 6.61 Å². The van der Waals surface area contributed by atoms with Crippen molar-refractivity contribution in [2.24, 2.45) is 0 Å². The summed E-state index contributed by atoms with van der Waals surface area (Å²) < 4.78 is 10.8. The van der Waals surface area contributed by atoms with Crippen molar-refractivity contribution >= 4 is 11.8 Å². The highest BCUT2D eigenvalue weighted by Gasteiger charge is 2.46. The van der Waals surface area contributed by atoms with Gasteiger partial charge in [-0.15, -0.1) is 0 Å². The van der Waals surface area contributed by atoms with Gasteiger partial charge in [0.1, 0.15) is 12.2 Å². The number of rotatable bonds is 5. The largest absolute Gasteiger partial charge is 0.484 e. The molecule has 7 heteroatoms. The Morgan fingerprint density at radius 3 is 2.57 bits per heavy atom. The van der Waals surface area contributed by atoms with E-state index in [1.54, 1.807) is 39.8 Å². The molecule has 1 aliphatic carbocycles. The average Bonchev–Trinajstić information content (AvgIpc) is 3.14. The molecule has 0 spiro atoms. The molecule has 0 atom stereocenters. The number of nitro groups is 1. The molecule has 7 nitrogen and oxygen atoms in total. The molecular formula is C16H22N2O5. The molecular weight excluding hydrogens is 300 g/mol. The number of amides is 1. The fourth-order valence-corrected chi connectivity index (χ4v) is 2.08. The topological polar surface area (TPSA) is 90.7 Å². The highest BCUT2D eigenvalue weighted by Crippen LogP contribution is 2.37. The molecule has 0 aromatic heterocycles. The maximum absolute atomic E-state index is 11.8. The van der Waals surface area contributed by atoms with Crippen LogP contribution in [0.15, 0.2) is 18.2 Å². The normalized spacial score (nSPS) is 15.7. The molecule has 0 unspecified atom stereocenters. The Morgan fingerprint density at radius 1 is 1.39 bits per heavy atom. The second-order valence-corrected chi connectivity index (χ2v) is 6.92. The van der Waals surface area contributed by atoms with Crippen LogP contribution >= 0.6 is 0 Å². The zero-order valence-electron chi connectivity index (χ0n) is 13.8. The number of nitro benzene ring substituents is 1. The van der Waals surface area contributed by atoms with Gasteiger partial charge in [0, 0.05) is 6.07 Å². The van der Waals surface area contributed by atoms with E-state index in [9.17, 15) is 14.9 Å². The quantitative estimate of drug-likeness (QED) is 0.663. The summed E-state index contributed by atoms with van der Waals surface area (Å²) in [4.78, 5) is 22.5. The van der Waals surface area contributed by atoms with Crippen molar-refractivity contribution in [1.29, 1.82) is 0 Å². The molecule has 1 aliphatic rings. The molecule has 1 saturated carbocycles. The summed E-state index contributed by atoms with van der Waals surface area (Å²) in [7, 11) is 0. The first-order valence-electron chi connectivity index (χ1n) is 7.49. The Kier molecular flexibility index (Phi) is 4.49. The summed E-state index contributed by atoms with van der Waals surface area (Å²) in [5, 5.41) is 13.9. The minimum atomic E-state index is -0.573. The minimum Gasteiger partial charge on any atom is -0.484 e. The molecule has 2 rings (SSSR count). The Bertz CT molecular complexity index is 617. The number of hydrogen-bond acceptors (Lipinski definition) is 5. The van der Waals surface area contributed by atoms with Gasteiger partial charge in [-0.3, -0.25) is 10.1 Å². The van der Waals surface area contributed by atoms with E-state index in [-0.39, 0.29) is 18.0 Å². The van der Waals surface area contributed by atoms with Crippen LogP contribution in [0.2, 0.25) is 0 Å². The molecule has 23 heavy (non-hydrogen) atoms. The van der Waals surface area contributed by atoms with Gasteiger partial charge >= 0.3 is 11.8 Å². The van der Waals surface area contributed by atoms with Gasteiger partial charge in [-0.2, -0.15) is 0 Å². The van der Waals surface area contributed by atoms with Gasteiger partial charge in [-0.25, -0.2) is 4.79 Å². The molecule has 0 heterocycles. The number of carbonyl (C=O) groups is 1. The van der Waals surface area contributed by atoms with Gasteiger partial charge in [0.25, 0.3) is 0 Å². The first-order valence-corrected chi connectivity index (χ1v) is 7.49. The van der Waals surface area contributed by atoms with Crippen LogP contribution < -0.4 is 10.1 Å². The monoisotopic (exact) mass is 322 g/mol. The molecule has 0 aliphatic heterocycles. The molecule has 0 saturated heterocycles. The lowest BCUT2D eigenvalue weighted by atomic mass is 10.2. The van der Waals surface area contributed by atoms with Gasteiger partial charge in [-0.05, 0) is 52.2 Å². The standard InChI is InChI=1S/C16H22N2O5/c1-11-5-6-13(12(9-11)18(20)21)22-10-16(7-8-16)17-14(19)23-15(2,3)4/h5-6,9H,7-8,10H2,1-4H3,(H,17,19). The van der Waals surface area contributed by atoms with Gasteiger partial charge in [-0.1, -0.05) is 6.07 Å². The molecule has 126 valence electrons. The number of hydrogen-bond donors (Lipinski definition) is 1. The zero-order valence-corrected chi connectivity index (χ0v) is 13.8. The Hall–Kier alpha value is -2.31. The van der Waals surface area contributed by atoms with Gasteiger partial charge < -0.3 is 14.8 Å². The third-order valence-corrected chi connectivity index (χ3v) is 3.43. The number of carbonyl (C=O) groups excluding carboxylic acids is 1. The SMILES string of the molecule is Cc1ccc(OCC2(NC(=O)OC(C)(C)C)CC2)c([N+](=O)[O-])c1. The number of alkyl carbamates (subject to hydrolysis) is 1. The third kappa shape index (κ3) is 4.84. The molecule has 1 N–H and O–H groups in total. The second-order valence-electron chi connectivity index (χ2n) is 6.92. The van der Waals surface area contributed by atoms with E-state index in [4.69, 9.17) is 9.47 Å². The second kappa shape index (κ2) is 6.06. The fraction of sp³-hybridized carbons (Fsp3) is 0.562. The predicted molar refractivity (Wildman–Crippen MR) is 84.7 cm³/mol. The molecule has 1 aromatic carbocycles. The summed E-state index contributed by atoms with van der Waals surface area (Å²) in [6.07, 6.45) is 1.01. The van der Waals surface area contributed by atoms with Crippen LogP contribution in [0.25, 0.3) is 0 Å². The average molecular weight is 322 g/mol. The Morgan fingerprint density at radius 2 is 2.04 bits per heavy atom. The minimum absolute atomic E-state index is 0.0712. The lowest BCUT2D eigenvalue weighted by Gasteiger charge is -2.23. The van der Waals surface area contributed by atoms with Crippen molar-refractivity contribution in [3.05, 3.63) is 33.9 Å². The van der Waals surface area contributed by atoms with Crippen LogP contribution in [0.3, 0.4) is 0 Å². The predicted octanol–water partition coefficient (Wildman–Crippen LogP) is 3.34. The summed E-state index contributed by atoms with van der Waals surface area (Å²) in [5.74, 6) is 0.206. The van der Waals surface area contributed by atoms with E-state index < -0.39 is 22.2 Å². The van der Waals surface area contributed by atoms with Gasteiger partial charge in [0.15, 0.2) is 5.75 Å². The van der Waals surface area contributed by atoms with Crippen molar-refractivity contribution < 1.29 is 19.2 Å². The van der Waals surface area contributed by atoms with Crippen LogP contribution in [-0.4, -0.2) is 28.8 Å². The smallest absolute Gasteiger partial charge is 0.408 e. The molecule has 0 radical (unpaired) electrons. The fourth-order valence-electron chi connectivity index (χ4n) is 2.08. The van der Waals surface area contributed by atoms with E-state index in [0.29, 0.717) is 0 Å². The number of ether oxygens (including phenoxy) is 2. The first kappa shape index (κ1) is 17.1. The number of benzene rings is 1. The summed E-state index contributed by atoms with van der Waals surface area (Å²) >= 11 is 0. The van der Waals surface area contributed by atoms with Crippen molar-refractivity contribution in [1.82, 2.24) is 5.32 Å². The Labute approximate surface area is 135 Å². The number of nitrogens with one attached hydrogen (secondary N) is 1. The summed E-state index contributed by atoms with van der Waals surface area (Å²) in [6.45, 7) is 7.33. The van der Waals surface area contributed by atoms with Crippen LogP contribution in [0, 0.1) is 17.0 Å². The number of aryl methyl sites for hydroxylation is 1. The van der Waals surface area contributed by atoms with Gasteiger partial charge in [0.05, 0.1) is 10.5 Å². The summed E-state index contributed by atoms with van der Waals surface area (Å²) in [5.41, 5.74) is -0.354. The van der Waals surface area contributed by atoms with Crippen LogP contribution in [0.4, 0.5) is 10.5 Å². The van der Waals surface area contributed by atoms with Crippen LogP contribution in [-0.2, 0) is 4.74 Å². The van der Waals surface area contributed by atoms with E-state index in [1.165, 1.54) is 6.07 Å². The summed E-state index contributed by atoms with van der Waals surface area (Å²) in [6, 6.07) is 4.80. The maximum atomic E-state index is 11.8. The van der Waals surface area contributed by atoms with Gasteiger partial charge in [0.2, 0.25) is 0 Å². The van der Waals surface area contributed by atoms with E-state index in [0.717, 1.165) is 18.4 Å². The van der Waals surface area contributed by atoms with Crippen molar-refractivity contribution in [2.45, 2.75) is 51.7 Å². The number of nitrogens with zero attached hydrogens (tertiary/aromatic N) is 1. The molecule has 0 bridgehead atoms. The van der Waals surface area contributed by atoms with E-state index in [2.05, 4.69) is 5.32 Å². The third-order valence-electron chi connectivity index (χ3n) is 3.43. The maximum Gasteiger partial charge on any atom is 0.408 e. The van der Waals surface area contributed by atoms with E-state index in [1.807, 2.05) is 0 Å².